The fourth-order valence-electron chi connectivity index (χ4n) is 6.22. The topological polar surface area (TPSA) is 12.9 Å². The Bertz CT molecular complexity index is 2260. The molecule has 0 atom stereocenters. The summed E-state index contributed by atoms with van der Waals surface area (Å²) in [7, 11) is 0. The van der Waals surface area contributed by atoms with Gasteiger partial charge in [0.05, 0.1) is 0 Å². The van der Waals surface area contributed by atoms with E-state index in [1.54, 1.807) is 12.3 Å². The van der Waals surface area contributed by atoms with Crippen LogP contribution in [0.1, 0.15) is 0 Å². The zero-order valence-corrected chi connectivity index (χ0v) is 22.2. The van der Waals surface area contributed by atoms with E-state index in [9.17, 15) is 4.39 Å². The lowest BCUT2D eigenvalue weighted by Gasteiger charge is -2.19. The Morgan fingerprint density at radius 3 is 1.44 bits per heavy atom. The van der Waals surface area contributed by atoms with Crippen LogP contribution in [0, 0.1) is 5.95 Å². The van der Waals surface area contributed by atoms with Crippen LogP contribution in [0.15, 0.2) is 146 Å². The number of pyridine rings is 1. The van der Waals surface area contributed by atoms with Gasteiger partial charge in [-0.3, -0.25) is 0 Å². The standard InChI is InChI=1S/C39H24FN/c40-37-20-18-32(24-41-37)29-17-19-35-36(23-29)39(31-16-14-26-8-2-4-10-28(26)22-31)34-12-6-5-11-33(34)38(35)30-15-13-25-7-1-3-9-27(25)21-30/h1-24H. The summed E-state index contributed by atoms with van der Waals surface area (Å²) >= 11 is 0. The summed E-state index contributed by atoms with van der Waals surface area (Å²) in [5, 5.41) is 9.63. The minimum Gasteiger partial charge on any atom is -0.228 e. The van der Waals surface area contributed by atoms with Crippen molar-refractivity contribution in [3.05, 3.63) is 152 Å². The van der Waals surface area contributed by atoms with Crippen LogP contribution in [0.4, 0.5) is 4.39 Å². The predicted octanol–water partition coefficient (Wildman–Crippen LogP) is 10.8. The molecule has 1 nitrogen and oxygen atoms in total. The van der Waals surface area contributed by atoms with Crippen LogP contribution in [0.3, 0.4) is 0 Å². The summed E-state index contributed by atoms with van der Waals surface area (Å²) in [4.78, 5) is 3.93. The van der Waals surface area contributed by atoms with Crippen LogP contribution in [0.2, 0.25) is 0 Å². The Labute approximate surface area is 237 Å². The maximum absolute atomic E-state index is 13.7. The summed E-state index contributed by atoms with van der Waals surface area (Å²) in [6, 6.07) is 49.0. The Kier molecular flexibility index (Phi) is 5.39. The largest absolute Gasteiger partial charge is 0.228 e. The molecular formula is C39H24FN. The molecule has 0 aliphatic heterocycles. The van der Waals surface area contributed by atoms with Crippen LogP contribution in [-0.2, 0) is 0 Å². The van der Waals surface area contributed by atoms with Crippen LogP contribution in [0.5, 0.6) is 0 Å². The number of nitrogens with zero attached hydrogens (tertiary/aromatic N) is 1. The monoisotopic (exact) mass is 525 g/mol. The van der Waals surface area contributed by atoms with Crippen molar-refractivity contribution in [3.63, 3.8) is 0 Å². The first-order valence-electron chi connectivity index (χ1n) is 13.8. The third-order valence-electron chi connectivity index (χ3n) is 8.16. The van der Waals surface area contributed by atoms with Gasteiger partial charge in [-0.25, -0.2) is 4.98 Å². The minimum atomic E-state index is -0.476. The van der Waals surface area contributed by atoms with E-state index >= 15 is 0 Å². The normalized spacial score (nSPS) is 11.5. The molecule has 0 saturated heterocycles. The second kappa shape index (κ2) is 9.39. The van der Waals surface area contributed by atoms with Crippen LogP contribution in [0.25, 0.3) is 76.5 Å². The number of hydrogen-bond donors (Lipinski definition) is 0. The summed E-state index contributed by atoms with van der Waals surface area (Å²) in [6.45, 7) is 0. The van der Waals surface area contributed by atoms with Crippen molar-refractivity contribution in [2.45, 2.75) is 0 Å². The van der Waals surface area contributed by atoms with Gasteiger partial charge in [-0.05, 0) is 101 Å². The van der Waals surface area contributed by atoms with Crippen molar-refractivity contribution < 1.29 is 4.39 Å². The highest BCUT2D eigenvalue weighted by atomic mass is 19.1. The van der Waals surface area contributed by atoms with Gasteiger partial charge < -0.3 is 0 Å². The molecule has 0 fully saturated rings. The van der Waals surface area contributed by atoms with Gasteiger partial charge in [-0.15, -0.1) is 0 Å². The van der Waals surface area contributed by atoms with Gasteiger partial charge in [-0.2, -0.15) is 4.39 Å². The Morgan fingerprint density at radius 2 is 0.854 bits per heavy atom. The molecule has 1 aromatic heterocycles. The predicted molar refractivity (Wildman–Crippen MR) is 171 cm³/mol. The highest BCUT2D eigenvalue weighted by molar-refractivity contribution is 6.22. The lowest BCUT2D eigenvalue weighted by Crippen LogP contribution is -1.92. The van der Waals surface area contributed by atoms with E-state index in [0.717, 1.165) is 16.5 Å². The van der Waals surface area contributed by atoms with Gasteiger partial charge in [-0.1, -0.05) is 109 Å². The van der Waals surface area contributed by atoms with E-state index in [-0.39, 0.29) is 0 Å². The average Bonchev–Trinajstić information content (AvgIpc) is 3.03. The van der Waals surface area contributed by atoms with Crippen molar-refractivity contribution >= 4 is 43.1 Å². The minimum absolute atomic E-state index is 0.476. The number of halogens is 1. The molecule has 0 aliphatic rings. The summed E-state index contributed by atoms with van der Waals surface area (Å²) in [6.07, 6.45) is 1.61. The third-order valence-corrected chi connectivity index (χ3v) is 8.16. The molecule has 8 aromatic rings. The molecule has 41 heavy (non-hydrogen) atoms. The molecule has 0 unspecified atom stereocenters. The van der Waals surface area contributed by atoms with Crippen LogP contribution < -0.4 is 0 Å². The van der Waals surface area contributed by atoms with E-state index in [1.807, 2.05) is 0 Å². The summed E-state index contributed by atoms with van der Waals surface area (Å²) in [5.74, 6) is -0.476. The maximum atomic E-state index is 13.7. The molecule has 0 aliphatic carbocycles. The van der Waals surface area contributed by atoms with Crippen molar-refractivity contribution in [1.29, 1.82) is 0 Å². The molecule has 0 spiro atoms. The first-order valence-corrected chi connectivity index (χ1v) is 13.8. The molecule has 0 bridgehead atoms. The molecule has 0 radical (unpaired) electrons. The van der Waals surface area contributed by atoms with Gasteiger partial charge >= 0.3 is 0 Å². The van der Waals surface area contributed by atoms with Gasteiger partial charge in [0.2, 0.25) is 5.95 Å². The number of fused-ring (bicyclic) bond motifs is 4. The molecule has 2 heteroatoms. The fourth-order valence-corrected chi connectivity index (χ4v) is 6.22. The molecule has 0 N–H and O–H groups in total. The zero-order chi connectivity index (χ0) is 27.3. The average molecular weight is 526 g/mol. The highest BCUT2D eigenvalue weighted by Crippen LogP contribution is 2.45. The van der Waals surface area contributed by atoms with Crippen LogP contribution in [-0.4, -0.2) is 4.98 Å². The van der Waals surface area contributed by atoms with E-state index in [1.165, 1.54) is 66.0 Å². The van der Waals surface area contributed by atoms with Crippen molar-refractivity contribution in [1.82, 2.24) is 4.98 Å². The molecule has 0 amide bonds. The zero-order valence-electron chi connectivity index (χ0n) is 22.2. The first kappa shape index (κ1) is 23.5. The Morgan fingerprint density at radius 1 is 0.366 bits per heavy atom. The number of rotatable bonds is 3. The summed E-state index contributed by atoms with van der Waals surface area (Å²) < 4.78 is 13.7. The quantitative estimate of drug-likeness (QED) is 0.165. The lowest BCUT2D eigenvalue weighted by atomic mass is 9.84. The first-order chi connectivity index (χ1) is 20.2. The molecule has 8 rings (SSSR count). The number of benzene rings is 7. The molecule has 1 heterocycles. The summed E-state index contributed by atoms with van der Waals surface area (Å²) in [5.41, 5.74) is 6.66. The smallest absolute Gasteiger partial charge is 0.212 e. The molecular weight excluding hydrogens is 501 g/mol. The van der Waals surface area contributed by atoms with Gasteiger partial charge in [0.15, 0.2) is 0 Å². The lowest BCUT2D eigenvalue weighted by molar-refractivity contribution is 0.584. The second-order valence-electron chi connectivity index (χ2n) is 10.5. The fraction of sp³-hybridized carbons (Fsp3) is 0. The number of hydrogen-bond acceptors (Lipinski definition) is 1. The van der Waals surface area contributed by atoms with Gasteiger partial charge in [0.1, 0.15) is 0 Å². The van der Waals surface area contributed by atoms with Gasteiger partial charge in [0.25, 0.3) is 0 Å². The van der Waals surface area contributed by atoms with Crippen molar-refractivity contribution in [2.75, 3.05) is 0 Å². The highest BCUT2D eigenvalue weighted by Gasteiger charge is 2.18. The molecule has 192 valence electrons. The molecule has 7 aromatic carbocycles. The van der Waals surface area contributed by atoms with E-state index in [2.05, 4.69) is 132 Å². The Hall–Kier alpha value is -5.34. The van der Waals surface area contributed by atoms with Gasteiger partial charge in [0, 0.05) is 11.8 Å². The SMILES string of the molecule is Fc1ccc(-c2ccc3c(-c4ccc5ccccc5c4)c4ccccc4c(-c4ccc5ccccc5c4)c3c2)cn1. The maximum Gasteiger partial charge on any atom is 0.212 e. The van der Waals surface area contributed by atoms with Crippen molar-refractivity contribution in [2.24, 2.45) is 0 Å². The third kappa shape index (κ3) is 3.96. The van der Waals surface area contributed by atoms with E-state index in [4.69, 9.17) is 0 Å². The molecule has 0 saturated carbocycles. The second-order valence-corrected chi connectivity index (χ2v) is 10.5. The van der Waals surface area contributed by atoms with E-state index in [0.29, 0.717) is 0 Å². The van der Waals surface area contributed by atoms with Crippen molar-refractivity contribution in [3.8, 4) is 33.4 Å². The number of aromatic nitrogens is 1. The Balaban J connectivity index is 1.50. The van der Waals surface area contributed by atoms with E-state index < -0.39 is 5.95 Å². The van der Waals surface area contributed by atoms with Crippen LogP contribution >= 0.6 is 0 Å².